The SMILES string of the molecule is CCOc1ccccc1NC(=S)NC(C)(C)CC(C)(C)C. The molecule has 21 heavy (non-hydrogen) atoms. The normalized spacial score (nSPS) is 11.9. The highest BCUT2D eigenvalue weighted by Crippen LogP contribution is 2.27. The van der Waals surface area contributed by atoms with Crippen molar-refractivity contribution in [2.75, 3.05) is 11.9 Å². The molecule has 118 valence electrons. The Morgan fingerprint density at radius 3 is 2.33 bits per heavy atom. The Bertz CT molecular complexity index is 478. The maximum absolute atomic E-state index is 5.60. The minimum absolute atomic E-state index is 0.0666. The Kier molecular flexibility index (Phi) is 6.02. The number of benzene rings is 1. The molecule has 0 unspecified atom stereocenters. The molecule has 0 saturated carbocycles. The molecule has 0 spiro atoms. The lowest BCUT2D eigenvalue weighted by Gasteiger charge is -2.34. The second-order valence-corrected chi connectivity index (χ2v) is 7.54. The van der Waals surface area contributed by atoms with Gasteiger partial charge in [-0.05, 0) is 57.0 Å². The van der Waals surface area contributed by atoms with Crippen LogP contribution in [0.15, 0.2) is 24.3 Å². The van der Waals surface area contributed by atoms with E-state index in [0.29, 0.717) is 11.7 Å². The minimum atomic E-state index is -0.0666. The van der Waals surface area contributed by atoms with Gasteiger partial charge in [0.25, 0.3) is 0 Å². The van der Waals surface area contributed by atoms with E-state index in [2.05, 4.69) is 45.3 Å². The smallest absolute Gasteiger partial charge is 0.171 e. The third kappa shape index (κ3) is 6.80. The van der Waals surface area contributed by atoms with Gasteiger partial charge in [-0.2, -0.15) is 0 Å². The Balaban J connectivity index is 2.70. The number of para-hydroxylation sites is 2. The van der Waals surface area contributed by atoms with E-state index in [4.69, 9.17) is 17.0 Å². The van der Waals surface area contributed by atoms with Gasteiger partial charge in [0.15, 0.2) is 5.11 Å². The summed E-state index contributed by atoms with van der Waals surface area (Å²) in [4.78, 5) is 0. The summed E-state index contributed by atoms with van der Waals surface area (Å²) in [6, 6.07) is 7.83. The zero-order valence-electron chi connectivity index (χ0n) is 14.0. The van der Waals surface area contributed by atoms with Crippen molar-refractivity contribution in [3.8, 4) is 5.75 Å². The molecule has 0 amide bonds. The molecule has 0 bridgehead atoms. The van der Waals surface area contributed by atoms with Crippen LogP contribution in [0.5, 0.6) is 5.75 Å². The van der Waals surface area contributed by atoms with Crippen LogP contribution in [-0.4, -0.2) is 17.3 Å². The summed E-state index contributed by atoms with van der Waals surface area (Å²) < 4.78 is 5.60. The molecular formula is C17H28N2OS. The Labute approximate surface area is 134 Å². The maximum Gasteiger partial charge on any atom is 0.171 e. The lowest BCUT2D eigenvalue weighted by molar-refractivity contribution is 0.268. The van der Waals surface area contributed by atoms with Crippen LogP contribution in [0, 0.1) is 5.41 Å². The van der Waals surface area contributed by atoms with Gasteiger partial charge in [0.05, 0.1) is 12.3 Å². The number of nitrogens with one attached hydrogen (secondary N) is 2. The van der Waals surface area contributed by atoms with Gasteiger partial charge in [0.1, 0.15) is 5.75 Å². The molecule has 1 rings (SSSR count). The van der Waals surface area contributed by atoms with E-state index in [1.54, 1.807) is 0 Å². The summed E-state index contributed by atoms with van der Waals surface area (Å²) in [6.45, 7) is 13.6. The highest BCUT2D eigenvalue weighted by Gasteiger charge is 2.26. The topological polar surface area (TPSA) is 33.3 Å². The van der Waals surface area contributed by atoms with E-state index < -0.39 is 0 Å². The van der Waals surface area contributed by atoms with E-state index in [1.807, 2.05) is 31.2 Å². The monoisotopic (exact) mass is 308 g/mol. The summed E-state index contributed by atoms with van der Waals surface area (Å²) in [5.41, 5.74) is 1.07. The van der Waals surface area contributed by atoms with Gasteiger partial charge in [-0.25, -0.2) is 0 Å². The number of hydrogen-bond acceptors (Lipinski definition) is 2. The van der Waals surface area contributed by atoms with Gasteiger partial charge in [-0.1, -0.05) is 32.9 Å². The lowest BCUT2D eigenvalue weighted by atomic mass is 9.82. The van der Waals surface area contributed by atoms with Crippen LogP contribution in [0.2, 0.25) is 0 Å². The highest BCUT2D eigenvalue weighted by atomic mass is 32.1. The largest absolute Gasteiger partial charge is 0.492 e. The van der Waals surface area contributed by atoms with Crippen molar-refractivity contribution in [2.24, 2.45) is 5.41 Å². The van der Waals surface area contributed by atoms with Crippen LogP contribution in [-0.2, 0) is 0 Å². The van der Waals surface area contributed by atoms with Crippen LogP contribution in [0.1, 0.15) is 48.0 Å². The average Bonchev–Trinajstić information content (AvgIpc) is 2.27. The number of hydrogen-bond donors (Lipinski definition) is 2. The number of thiocarbonyl (C=S) groups is 1. The van der Waals surface area contributed by atoms with Crippen molar-refractivity contribution in [3.63, 3.8) is 0 Å². The molecule has 0 aliphatic carbocycles. The van der Waals surface area contributed by atoms with Gasteiger partial charge >= 0.3 is 0 Å². The molecule has 0 atom stereocenters. The first kappa shape index (κ1) is 17.8. The van der Waals surface area contributed by atoms with Crippen molar-refractivity contribution in [3.05, 3.63) is 24.3 Å². The molecule has 0 heterocycles. The minimum Gasteiger partial charge on any atom is -0.492 e. The van der Waals surface area contributed by atoms with Crippen molar-refractivity contribution < 1.29 is 4.74 Å². The van der Waals surface area contributed by atoms with E-state index >= 15 is 0 Å². The number of anilines is 1. The molecule has 3 nitrogen and oxygen atoms in total. The fourth-order valence-electron chi connectivity index (χ4n) is 2.68. The molecule has 1 aromatic carbocycles. The van der Waals surface area contributed by atoms with Gasteiger partial charge in [-0.15, -0.1) is 0 Å². The van der Waals surface area contributed by atoms with Crippen molar-refractivity contribution in [1.82, 2.24) is 5.32 Å². The summed E-state index contributed by atoms with van der Waals surface area (Å²) in [6.07, 6.45) is 1.02. The zero-order valence-corrected chi connectivity index (χ0v) is 14.9. The van der Waals surface area contributed by atoms with E-state index in [0.717, 1.165) is 17.9 Å². The first-order valence-electron chi connectivity index (χ1n) is 7.44. The van der Waals surface area contributed by atoms with Crippen LogP contribution in [0.4, 0.5) is 5.69 Å². The van der Waals surface area contributed by atoms with Crippen LogP contribution in [0.25, 0.3) is 0 Å². The second-order valence-electron chi connectivity index (χ2n) is 7.13. The van der Waals surface area contributed by atoms with Crippen LogP contribution < -0.4 is 15.4 Å². The van der Waals surface area contributed by atoms with Gasteiger partial charge in [0, 0.05) is 5.54 Å². The molecule has 0 aliphatic heterocycles. The molecule has 0 aliphatic rings. The van der Waals surface area contributed by atoms with E-state index in [1.165, 1.54) is 0 Å². The molecule has 0 aromatic heterocycles. The van der Waals surface area contributed by atoms with Crippen molar-refractivity contribution in [2.45, 2.75) is 53.5 Å². The Morgan fingerprint density at radius 1 is 1.14 bits per heavy atom. The van der Waals surface area contributed by atoms with Crippen LogP contribution in [0.3, 0.4) is 0 Å². The van der Waals surface area contributed by atoms with E-state index in [-0.39, 0.29) is 11.0 Å². The molecule has 0 radical (unpaired) electrons. The summed E-state index contributed by atoms with van der Waals surface area (Å²) in [7, 11) is 0. The maximum atomic E-state index is 5.60. The Hall–Kier alpha value is -1.29. The second kappa shape index (κ2) is 7.12. The average molecular weight is 308 g/mol. The summed E-state index contributed by atoms with van der Waals surface area (Å²) >= 11 is 5.44. The molecular weight excluding hydrogens is 280 g/mol. The molecule has 0 fully saturated rings. The summed E-state index contributed by atoms with van der Waals surface area (Å²) in [5.74, 6) is 0.817. The Morgan fingerprint density at radius 2 is 1.76 bits per heavy atom. The predicted molar refractivity (Wildman–Crippen MR) is 95.1 cm³/mol. The van der Waals surface area contributed by atoms with Crippen molar-refractivity contribution >= 4 is 23.0 Å². The summed E-state index contributed by atoms with van der Waals surface area (Å²) in [5, 5.41) is 7.25. The molecule has 1 aromatic rings. The number of rotatable bonds is 5. The predicted octanol–water partition coefficient (Wildman–Crippen LogP) is 4.59. The van der Waals surface area contributed by atoms with Crippen LogP contribution >= 0.6 is 12.2 Å². The fourth-order valence-corrected chi connectivity index (χ4v) is 3.07. The lowest BCUT2D eigenvalue weighted by Crippen LogP contribution is -2.47. The van der Waals surface area contributed by atoms with E-state index in [9.17, 15) is 0 Å². The third-order valence-electron chi connectivity index (χ3n) is 2.86. The molecule has 0 saturated heterocycles. The first-order chi connectivity index (χ1) is 9.63. The van der Waals surface area contributed by atoms with Gasteiger partial charge in [-0.3, -0.25) is 0 Å². The number of ether oxygens (including phenoxy) is 1. The van der Waals surface area contributed by atoms with Gasteiger partial charge in [0.2, 0.25) is 0 Å². The molecule has 4 heteroatoms. The quantitative estimate of drug-likeness (QED) is 0.780. The first-order valence-corrected chi connectivity index (χ1v) is 7.85. The highest BCUT2D eigenvalue weighted by molar-refractivity contribution is 7.80. The van der Waals surface area contributed by atoms with Crippen molar-refractivity contribution in [1.29, 1.82) is 0 Å². The zero-order chi connectivity index (χ0) is 16.1. The fraction of sp³-hybridized carbons (Fsp3) is 0.588. The third-order valence-corrected chi connectivity index (χ3v) is 3.06. The molecule has 2 N–H and O–H groups in total. The van der Waals surface area contributed by atoms with Gasteiger partial charge < -0.3 is 15.4 Å². The standard InChI is InChI=1S/C17H28N2OS/c1-7-20-14-11-9-8-10-13(14)18-15(21)19-17(5,6)12-16(2,3)4/h8-11H,7,12H2,1-6H3,(H2,18,19,21).